The van der Waals surface area contributed by atoms with Gasteiger partial charge in [0.25, 0.3) is 5.91 Å². The Morgan fingerprint density at radius 2 is 1.96 bits per heavy atom. The lowest BCUT2D eigenvalue weighted by Crippen LogP contribution is -2.19. The van der Waals surface area contributed by atoms with Crippen LogP contribution in [0.25, 0.3) is 0 Å². The first-order valence-corrected chi connectivity index (χ1v) is 7.01. The van der Waals surface area contributed by atoms with E-state index in [1.807, 2.05) is 0 Å². The van der Waals surface area contributed by atoms with E-state index in [1.165, 1.54) is 30.5 Å². The van der Waals surface area contributed by atoms with Gasteiger partial charge in [-0.1, -0.05) is 0 Å². The molecule has 0 fully saturated rings. The Kier molecular flexibility index (Phi) is 5.62. The van der Waals surface area contributed by atoms with Gasteiger partial charge in [-0.25, -0.2) is 9.37 Å². The number of rotatable bonds is 6. The van der Waals surface area contributed by atoms with Crippen molar-refractivity contribution in [3.63, 3.8) is 0 Å². The maximum atomic E-state index is 12.9. The predicted molar refractivity (Wildman–Crippen MR) is 83.7 cm³/mol. The van der Waals surface area contributed by atoms with Crippen LogP contribution in [0.2, 0.25) is 0 Å². The van der Waals surface area contributed by atoms with E-state index < -0.39 is 17.7 Å². The van der Waals surface area contributed by atoms with Gasteiger partial charge in [-0.05, 0) is 43.3 Å². The van der Waals surface area contributed by atoms with Crippen LogP contribution in [-0.4, -0.2) is 30.0 Å². The van der Waals surface area contributed by atoms with Crippen molar-refractivity contribution in [3.8, 4) is 0 Å². The Balaban J connectivity index is 2.06. The van der Waals surface area contributed by atoms with Gasteiger partial charge in [0.2, 0.25) is 0 Å². The minimum atomic E-state index is -0.422. The molecule has 2 rings (SSSR count). The van der Waals surface area contributed by atoms with Crippen molar-refractivity contribution >= 4 is 23.4 Å². The van der Waals surface area contributed by atoms with Crippen molar-refractivity contribution in [1.29, 1.82) is 0 Å². The van der Waals surface area contributed by atoms with Crippen LogP contribution >= 0.6 is 0 Å². The largest absolute Gasteiger partial charge is 0.465 e. The minimum Gasteiger partial charge on any atom is -0.465 e. The first kappa shape index (κ1) is 16.4. The van der Waals surface area contributed by atoms with E-state index in [-0.39, 0.29) is 13.2 Å². The fourth-order valence-corrected chi connectivity index (χ4v) is 1.81. The van der Waals surface area contributed by atoms with E-state index in [0.29, 0.717) is 17.1 Å². The van der Waals surface area contributed by atoms with Gasteiger partial charge in [0.1, 0.15) is 18.2 Å². The Bertz CT molecular complexity index is 689. The van der Waals surface area contributed by atoms with Crippen LogP contribution in [-0.2, 0) is 9.53 Å². The number of aromatic nitrogens is 1. The van der Waals surface area contributed by atoms with Crippen molar-refractivity contribution in [2.75, 3.05) is 23.8 Å². The standard InChI is InChI=1S/C16H16FN3O3/c1-2-23-14(21)10-19-15-13(4-3-9-18-15)20-16(22)11-5-7-12(17)8-6-11/h3-9H,2,10H2,1H3,(H,18,19)(H,20,22). The summed E-state index contributed by atoms with van der Waals surface area (Å²) in [5, 5.41) is 5.47. The molecule has 0 spiro atoms. The average molecular weight is 317 g/mol. The van der Waals surface area contributed by atoms with Crippen LogP contribution in [0.5, 0.6) is 0 Å². The van der Waals surface area contributed by atoms with E-state index in [1.54, 1.807) is 19.1 Å². The van der Waals surface area contributed by atoms with E-state index in [4.69, 9.17) is 4.74 Å². The number of benzene rings is 1. The number of hydrogen-bond donors (Lipinski definition) is 2. The first-order chi connectivity index (χ1) is 11.1. The highest BCUT2D eigenvalue weighted by atomic mass is 19.1. The molecule has 7 heteroatoms. The molecule has 2 N–H and O–H groups in total. The Hall–Kier alpha value is -2.96. The predicted octanol–water partition coefficient (Wildman–Crippen LogP) is 2.45. The third kappa shape index (κ3) is 4.77. The maximum absolute atomic E-state index is 12.9. The second-order valence-corrected chi connectivity index (χ2v) is 4.52. The molecule has 0 aliphatic heterocycles. The van der Waals surface area contributed by atoms with Gasteiger partial charge in [-0.2, -0.15) is 0 Å². The number of nitrogens with zero attached hydrogens (tertiary/aromatic N) is 1. The van der Waals surface area contributed by atoms with E-state index in [9.17, 15) is 14.0 Å². The highest BCUT2D eigenvalue weighted by Gasteiger charge is 2.11. The second kappa shape index (κ2) is 7.88. The van der Waals surface area contributed by atoms with Gasteiger partial charge in [-0.15, -0.1) is 0 Å². The summed E-state index contributed by atoms with van der Waals surface area (Å²) in [6.45, 7) is 1.94. The van der Waals surface area contributed by atoms with Crippen molar-refractivity contribution in [2.45, 2.75) is 6.92 Å². The molecule has 0 aliphatic rings. The van der Waals surface area contributed by atoms with Gasteiger partial charge in [0.05, 0.1) is 12.3 Å². The summed E-state index contributed by atoms with van der Waals surface area (Å²) in [5.74, 6) is -0.901. The molecule has 23 heavy (non-hydrogen) atoms. The fourth-order valence-electron chi connectivity index (χ4n) is 1.81. The van der Waals surface area contributed by atoms with Gasteiger partial charge < -0.3 is 15.4 Å². The summed E-state index contributed by atoms with van der Waals surface area (Å²) in [4.78, 5) is 27.6. The first-order valence-electron chi connectivity index (χ1n) is 7.01. The number of halogens is 1. The summed E-state index contributed by atoms with van der Waals surface area (Å²) in [6, 6.07) is 8.47. The topological polar surface area (TPSA) is 80.3 Å². The molecule has 1 amide bonds. The highest BCUT2D eigenvalue weighted by Crippen LogP contribution is 2.18. The van der Waals surface area contributed by atoms with Crippen LogP contribution in [0.3, 0.4) is 0 Å². The van der Waals surface area contributed by atoms with Gasteiger partial charge in [-0.3, -0.25) is 9.59 Å². The lowest BCUT2D eigenvalue weighted by molar-refractivity contribution is -0.140. The van der Waals surface area contributed by atoms with Gasteiger partial charge >= 0.3 is 5.97 Å². The molecule has 6 nitrogen and oxygen atoms in total. The summed E-state index contributed by atoms with van der Waals surface area (Å²) in [5.41, 5.74) is 0.720. The normalized spacial score (nSPS) is 10.0. The zero-order valence-corrected chi connectivity index (χ0v) is 12.5. The van der Waals surface area contributed by atoms with Crippen molar-refractivity contribution in [1.82, 2.24) is 4.98 Å². The monoisotopic (exact) mass is 317 g/mol. The number of pyridine rings is 1. The SMILES string of the molecule is CCOC(=O)CNc1ncccc1NC(=O)c1ccc(F)cc1. The smallest absolute Gasteiger partial charge is 0.325 e. The number of hydrogen-bond acceptors (Lipinski definition) is 5. The molecule has 0 radical (unpaired) electrons. The molecular weight excluding hydrogens is 301 g/mol. The Morgan fingerprint density at radius 1 is 1.22 bits per heavy atom. The molecule has 0 aliphatic carbocycles. The zero-order chi connectivity index (χ0) is 16.7. The number of anilines is 2. The average Bonchev–Trinajstić information content (AvgIpc) is 2.55. The Morgan fingerprint density at radius 3 is 2.65 bits per heavy atom. The molecule has 120 valence electrons. The van der Waals surface area contributed by atoms with Crippen LogP contribution in [0.15, 0.2) is 42.6 Å². The van der Waals surface area contributed by atoms with E-state index >= 15 is 0 Å². The molecule has 0 bridgehead atoms. The third-order valence-corrected chi connectivity index (χ3v) is 2.87. The highest BCUT2D eigenvalue weighted by molar-refractivity contribution is 6.05. The maximum Gasteiger partial charge on any atom is 0.325 e. The molecule has 0 atom stereocenters. The van der Waals surface area contributed by atoms with Crippen LogP contribution in [0.1, 0.15) is 17.3 Å². The molecule has 0 unspecified atom stereocenters. The molecule has 0 saturated heterocycles. The number of nitrogens with one attached hydrogen (secondary N) is 2. The van der Waals surface area contributed by atoms with Crippen LogP contribution < -0.4 is 10.6 Å². The van der Waals surface area contributed by atoms with Crippen molar-refractivity contribution < 1.29 is 18.7 Å². The summed E-state index contributed by atoms with van der Waals surface area (Å²) in [6.07, 6.45) is 1.53. The summed E-state index contributed by atoms with van der Waals surface area (Å²) in [7, 11) is 0. The Labute approximate surface area is 132 Å². The number of esters is 1. The van der Waals surface area contributed by atoms with Crippen LogP contribution in [0.4, 0.5) is 15.9 Å². The quantitative estimate of drug-likeness (QED) is 0.800. The second-order valence-electron chi connectivity index (χ2n) is 4.52. The summed E-state index contributed by atoms with van der Waals surface area (Å²) >= 11 is 0. The van der Waals surface area contributed by atoms with E-state index in [0.717, 1.165) is 0 Å². The molecule has 1 aromatic carbocycles. The summed E-state index contributed by atoms with van der Waals surface area (Å²) < 4.78 is 17.7. The van der Waals surface area contributed by atoms with Crippen molar-refractivity contribution in [2.24, 2.45) is 0 Å². The lowest BCUT2D eigenvalue weighted by Gasteiger charge is -2.11. The fraction of sp³-hybridized carbons (Fsp3) is 0.188. The van der Waals surface area contributed by atoms with Gasteiger partial charge in [0, 0.05) is 11.8 Å². The molecule has 1 heterocycles. The van der Waals surface area contributed by atoms with Crippen LogP contribution in [0, 0.1) is 5.82 Å². The molecule has 0 saturated carbocycles. The third-order valence-electron chi connectivity index (χ3n) is 2.87. The van der Waals surface area contributed by atoms with Gasteiger partial charge in [0.15, 0.2) is 0 Å². The molecular formula is C16H16FN3O3. The van der Waals surface area contributed by atoms with Crippen molar-refractivity contribution in [3.05, 3.63) is 54.0 Å². The van der Waals surface area contributed by atoms with E-state index in [2.05, 4.69) is 15.6 Å². The molecule has 2 aromatic rings. The number of carbonyl (C=O) groups is 2. The number of ether oxygens (including phenoxy) is 1. The number of carbonyl (C=O) groups excluding carboxylic acids is 2. The molecule has 1 aromatic heterocycles. The number of amides is 1. The minimum absolute atomic E-state index is 0.0652. The lowest BCUT2D eigenvalue weighted by atomic mass is 10.2. The zero-order valence-electron chi connectivity index (χ0n) is 12.5.